The highest BCUT2D eigenvalue weighted by atomic mass is 19.3. The number of hydrogen-bond acceptors (Lipinski definition) is 3. The fourth-order valence-electron chi connectivity index (χ4n) is 2.00. The molecule has 6 heteroatoms. The fraction of sp³-hybridized carbons (Fsp3) is 0.833. The largest absolute Gasteiger partial charge is 0.444 e. The molecule has 0 spiro atoms. The lowest BCUT2D eigenvalue weighted by molar-refractivity contribution is -0.146. The number of halogens is 2. The first-order valence-corrected chi connectivity index (χ1v) is 5.88. The van der Waals surface area contributed by atoms with Crippen LogP contribution in [0.15, 0.2) is 0 Å². The van der Waals surface area contributed by atoms with Gasteiger partial charge in [-0.25, -0.2) is 13.6 Å². The summed E-state index contributed by atoms with van der Waals surface area (Å²) < 4.78 is 32.4. The van der Waals surface area contributed by atoms with Crippen LogP contribution >= 0.6 is 0 Å². The third kappa shape index (κ3) is 3.40. The first-order chi connectivity index (χ1) is 8.07. The Morgan fingerprint density at radius 2 is 2.00 bits per heavy atom. The first kappa shape index (κ1) is 14.9. The minimum absolute atomic E-state index is 0.105. The fourth-order valence-corrected chi connectivity index (χ4v) is 2.00. The number of likely N-dealkylation sites (tertiary alicyclic amines) is 1. The van der Waals surface area contributed by atoms with Crippen molar-refractivity contribution >= 4 is 12.4 Å². The molecule has 1 saturated heterocycles. The highest BCUT2D eigenvalue weighted by Gasteiger charge is 2.50. The molecule has 1 amide bonds. The smallest absolute Gasteiger partial charge is 0.410 e. The van der Waals surface area contributed by atoms with E-state index in [-0.39, 0.29) is 12.8 Å². The van der Waals surface area contributed by atoms with E-state index in [2.05, 4.69) is 0 Å². The number of rotatable bonds is 1. The van der Waals surface area contributed by atoms with Crippen LogP contribution in [0.1, 0.15) is 27.7 Å². The average Bonchev–Trinajstić information content (AvgIpc) is 2.12. The maximum Gasteiger partial charge on any atom is 0.410 e. The average molecular weight is 263 g/mol. The highest BCUT2D eigenvalue weighted by Crippen LogP contribution is 2.35. The van der Waals surface area contributed by atoms with Crippen molar-refractivity contribution in [3.8, 4) is 0 Å². The van der Waals surface area contributed by atoms with Crippen molar-refractivity contribution in [3.63, 3.8) is 0 Å². The van der Waals surface area contributed by atoms with Crippen molar-refractivity contribution in [2.24, 2.45) is 11.8 Å². The predicted octanol–water partition coefficient (Wildman–Crippen LogP) is 2.32. The molecule has 0 aromatic rings. The Morgan fingerprint density at radius 3 is 2.39 bits per heavy atom. The van der Waals surface area contributed by atoms with Gasteiger partial charge >= 0.3 is 6.09 Å². The molecule has 0 N–H and O–H groups in total. The second-order valence-electron chi connectivity index (χ2n) is 5.76. The number of carbonyl (C=O) groups excluding carboxylic acids is 2. The molecule has 1 heterocycles. The third-order valence-electron chi connectivity index (χ3n) is 2.81. The molecule has 4 nitrogen and oxygen atoms in total. The van der Waals surface area contributed by atoms with Crippen LogP contribution in [0.25, 0.3) is 0 Å². The molecule has 0 radical (unpaired) electrons. The Hall–Kier alpha value is -1.20. The van der Waals surface area contributed by atoms with Gasteiger partial charge < -0.3 is 14.4 Å². The van der Waals surface area contributed by atoms with E-state index in [1.54, 1.807) is 20.8 Å². The molecule has 104 valence electrons. The zero-order valence-electron chi connectivity index (χ0n) is 11.1. The molecule has 1 rings (SSSR count). The summed E-state index contributed by atoms with van der Waals surface area (Å²) in [7, 11) is 0. The number of piperidine rings is 1. The van der Waals surface area contributed by atoms with Gasteiger partial charge in [0.15, 0.2) is 0 Å². The van der Waals surface area contributed by atoms with Crippen molar-refractivity contribution in [1.29, 1.82) is 0 Å². The van der Waals surface area contributed by atoms with E-state index in [4.69, 9.17) is 4.74 Å². The lowest BCUT2D eigenvalue weighted by atomic mass is 9.85. The van der Waals surface area contributed by atoms with E-state index < -0.39 is 36.0 Å². The van der Waals surface area contributed by atoms with E-state index in [1.165, 1.54) is 6.92 Å². The van der Waals surface area contributed by atoms with Crippen LogP contribution in [-0.4, -0.2) is 41.9 Å². The number of aldehydes is 1. The maximum atomic E-state index is 13.7. The summed E-state index contributed by atoms with van der Waals surface area (Å²) in [5.74, 6) is -5.12. The Kier molecular flexibility index (Phi) is 3.98. The van der Waals surface area contributed by atoms with Crippen LogP contribution in [0.3, 0.4) is 0 Å². The topological polar surface area (TPSA) is 46.6 Å². The molecule has 1 aliphatic rings. The summed E-state index contributed by atoms with van der Waals surface area (Å²) in [6, 6.07) is 0. The van der Waals surface area contributed by atoms with Crippen LogP contribution in [0.5, 0.6) is 0 Å². The van der Waals surface area contributed by atoms with Gasteiger partial charge in [0.05, 0.1) is 12.5 Å². The number of alkyl halides is 2. The summed E-state index contributed by atoms with van der Waals surface area (Å²) in [6.45, 7) is 5.88. The van der Waals surface area contributed by atoms with Gasteiger partial charge in [-0.2, -0.15) is 0 Å². The second kappa shape index (κ2) is 4.82. The number of nitrogens with zero attached hydrogens (tertiary/aromatic N) is 1. The number of ether oxygens (including phenoxy) is 1. The van der Waals surface area contributed by atoms with Gasteiger partial charge in [-0.1, -0.05) is 6.92 Å². The Morgan fingerprint density at radius 1 is 1.44 bits per heavy atom. The molecular formula is C12H19F2NO3. The van der Waals surface area contributed by atoms with Gasteiger partial charge in [-0.15, -0.1) is 0 Å². The summed E-state index contributed by atoms with van der Waals surface area (Å²) in [4.78, 5) is 23.4. The molecule has 1 fully saturated rings. The van der Waals surface area contributed by atoms with Crippen molar-refractivity contribution in [2.45, 2.75) is 39.2 Å². The van der Waals surface area contributed by atoms with Crippen LogP contribution < -0.4 is 0 Å². The van der Waals surface area contributed by atoms with E-state index in [0.29, 0.717) is 0 Å². The summed E-state index contributed by atoms with van der Waals surface area (Å²) in [6.07, 6.45) is -0.490. The molecule has 0 bridgehead atoms. The quantitative estimate of drug-likeness (QED) is 0.682. The monoisotopic (exact) mass is 263 g/mol. The second-order valence-corrected chi connectivity index (χ2v) is 5.76. The lowest BCUT2D eigenvalue weighted by Gasteiger charge is -2.40. The number of carbonyl (C=O) groups is 2. The van der Waals surface area contributed by atoms with E-state index in [9.17, 15) is 18.4 Å². The zero-order chi connectivity index (χ0) is 14.1. The summed E-state index contributed by atoms with van der Waals surface area (Å²) in [5.41, 5.74) is -0.725. The molecule has 0 unspecified atom stereocenters. The SMILES string of the molecule is C[C@H]1CN(C(=O)OC(C)(C)C)CC(F)(F)[C@@H]1C=O. The Bertz CT molecular complexity index is 339. The Balaban J connectivity index is 2.77. The van der Waals surface area contributed by atoms with Gasteiger partial charge in [-0.3, -0.25) is 0 Å². The van der Waals surface area contributed by atoms with Crippen molar-refractivity contribution in [1.82, 2.24) is 4.90 Å². The number of hydrogen-bond donors (Lipinski definition) is 0. The van der Waals surface area contributed by atoms with Crippen molar-refractivity contribution in [3.05, 3.63) is 0 Å². The molecule has 2 atom stereocenters. The Labute approximate surface area is 105 Å². The van der Waals surface area contributed by atoms with E-state index in [1.807, 2.05) is 0 Å². The van der Waals surface area contributed by atoms with Gasteiger partial charge in [0.2, 0.25) is 0 Å². The van der Waals surface area contributed by atoms with Crippen LogP contribution in [0.4, 0.5) is 13.6 Å². The molecule has 0 saturated carbocycles. The molecule has 0 aromatic carbocycles. The summed E-state index contributed by atoms with van der Waals surface area (Å²) >= 11 is 0. The van der Waals surface area contributed by atoms with Crippen LogP contribution in [0, 0.1) is 11.8 Å². The standard InChI is InChI=1S/C12H19F2NO3/c1-8-5-15(10(17)18-11(2,3)4)7-12(13,14)9(8)6-16/h6,8-9H,5,7H2,1-4H3/t8-,9+/m0/s1. The molecule has 0 aromatic heterocycles. The number of amides is 1. The van der Waals surface area contributed by atoms with Crippen LogP contribution in [-0.2, 0) is 9.53 Å². The molecule has 1 aliphatic heterocycles. The minimum atomic E-state index is -3.20. The minimum Gasteiger partial charge on any atom is -0.444 e. The maximum absolute atomic E-state index is 13.7. The first-order valence-electron chi connectivity index (χ1n) is 5.88. The zero-order valence-corrected chi connectivity index (χ0v) is 11.1. The predicted molar refractivity (Wildman–Crippen MR) is 61.5 cm³/mol. The van der Waals surface area contributed by atoms with Crippen LogP contribution in [0.2, 0.25) is 0 Å². The molecule has 0 aliphatic carbocycles. The van der Waals surface area contributed by atoms with Crippen molar-refractivity contribution < 1.29 is 23.1 Å². The third-order valence-corrected chi connectivity index (χ3v) is 2.81. The van der Waals surface area contributed by atoms with E-state index >= 15 is 0 Å². The molecular weight excluding hydrogens is 244 g/mol. The van der Waals surface area contributed by atoms with Gasteiger partial charge in [0.1, 0.15) is 11.9 Å². The van der Waals surface area contributed by atoms with Gasteiger partial charge in [0, 0.05) is 6.54 Å². The van der Waals surface area contributed by atoms with Gasteiger partial charge in [-0.05, 0) is 26.7 Å². The highest BCUT2D eigenvalue weighted by molar-refractivity contribution is 5.69. The summed E-state index contributed by atoms with van der Waals surface area (Å²) in [5, 5.41) is 0. The van der Waals surface area contributed by atoms with Crippen molar-refractivity contribution in [2.75, 3.05) is 13.1 Å². The molecule has 18 heavy (non-hydrogen) atoms. The normalized spacial score (nSPS) is 27.8. The van der Waals surface area contributed by atoms with Gasteiger partial charge in [0.25, 0.3) is 5.92 Å². The lowest BCUT2D eigenvalue weighted by Crippen LogP contribution is -2.55. The van der Waals surface area contributed by atoms with E-state index in [0.717, 1.165) is 4.90 Å².